The highest BCUT2D eigenvalue weighted by molar-refractivity contribution is 6.46. The molecule has 0 saturated heterocycles. The van der Waals surface area contributed by atoms with E-state index >= 15 is 0 Å². The van der Waals surface area contributed by atoms with E-state index in [9.17, 15) is 4.79 Å². The van der Waals surface area contributed by atoms with Gasteiger partial charge in [-0.05, 0) is 13.3 Å². The van der Waals surface area contributed by atoms with E-state index in [4.69, 9.17) is 13.6 Å². The molecule has 0 fully saturated rings. The van der Waals surface area contributed by atoms with Gasteiger partial charge in [-0.3, -0.25) is 0 Å². The Labute approximate surface area is 105 Å². The van der Waals surface area contributed by atoms with Crippen LogP contribution in [0.4, 0.5) is 0 Å². The van der Waals surface area contributed by atoms with E-state index < -0.39 is 9.28 Å². The third kappa shape index (κ3) is 7.09. The lowest BCUT2D eigenvalue weighted by atomic mass is 10.3. The van der Waals surface area contributed by atoms with Crippen LogP contribution in [0.5, 0.6) is 0 Å². The van der Waals surface area contributed by atoms with Crippen molar-refractivity contribution in [2.45, 2.75) is 32.4 Å². The molecule has 0 aliphatic heterocycles. The van der Waals surface area contributed by atoms with Crippen molar-refractivity contribution in [1.82, 2.24) is 0 Å². The summed E-state index contributed by atoms with van der Waals surface area (Å²) in [5.74, 6) is -0.354. The number of carbonyl (C=O) groups excluding carboxylic acids is 1. The average molecular weight is 258 g/mol. The Morgan fingerprint density at radius 3 is 2.41 bits per heavy atom. The average Bonchev–Trinajstić information content (AvgIpc) is 2.31. The fraction of sp³-hybridized carbons (Fsp3) is 0.583. The fourth-order valence-corrected chi connectivity index (χ4v) is 3.02. The van der Waals surface area contributed by atoms with E-state index in [0.717, 1.165) is 12.8 Å². The molecule has 1 atom stereocenters. The fourth-order valence-electron chi connectivity index (χ4n) is 1.37. The zero-order chi connectivity index (χ0) is 13.1. The van der Waals surface area contributed by atoms with E-state index in [2.05, 4.69) is 0 Å². The van der Waals surface area contributed by atoms with E-state index in [1.54, 1.807) is 26.4 Å². The summed E-state index contributed by atoms with van der Waals surface area (Å²) in [7, 11) is 1.26. The molecule has 0 bridgehead atoms. The van der Waals surface area contributed by atoms with Crippen LogP contribution in [0.25, 0.3) is 0 Å². The number of rotatable bonds is 8. The third-order valence-electron chi connectivity index (χ3n) is 2.14. The lowest BCUT2D eigenvalue weighted by Gasteiger charge is -2.21. The van der Waals surface area contributed by atoms with Gasteiger partial charge in [-0.1, -0.05) is 31.6 Å². The summed E-state index contributed by atoms with van der Waals surface area (Å²) < 4.78 is 15.8. The van der Waals surface area contributed by atoms with Crippen molar-refractivity contribution in [2.75, 3.05) is 14.2 Å². The lowest BCUT2D eigenvalue weighted by molar-refractivity contribution is -0.141. The van der Waals surface area contributed by atoms with Crippen molar-refractivity contribution in [1.29, 1.82) is 0 Å². The number of allylic oxidation sites excluding steroid dienone is 3. The van der Waals surface area contributed by atoms with Crippen LogP contribution in [0, 0.1) is 0 Å². The Balaban J connectivity index is 4.37. The first kappa shape index (κ1) is 16.1. The molecule has 0 saturated carbocycles. The molecule has 4 nitrogen and oxygen atoms in total. The van der Waals surface area contributed by atoms with E-state index in [1.165, 1.54) is 6.08 Å². The van der Waals surface area contributed by atoms with Crippen molar-refractivity contribution in [2.24, 2.45) is 0 Å². The summed E-state index contributed by atoms with van der Waals surface area (Å²) in [4.78, 5) is 11.5. The Hall–Kier alpha value is -0.913. The number of ether oxygens (including phenoxy) is 1. The van der Waals surface area contributed by atoms with Crippen molar-refractivity contribution in [3.8, 4) is 0 Å². The number of hydrogen-bond acceptors (Lipinski definition) is 4. The lowest BCUT2D eigenvalue weighted by Crippen LogP contribution is -2.38. The van der Waals surface area contributed by atoms with Crippen molar-refractivity contribution >= 4 is 15.3 Å². The van der Waals surface area contributed by atoms with Crippen molar-refractivity contribution in [3.05, 3.63) is 24.3 Å². The molecule has 0 aromatic heterocycles. The zero-order valence-electron chi connectivity index (χ0n) is 11.0. The minimum atomic E-state index is -1.92. The quantitative estimate of drug-likeness (QED) is 0.289. The van der Waals surface area contributed by atoms with Crippen molar-refractivity contribution < 1.29 is 18.4 Å². The van der Waals surface area contributed by atoms with Crippen LogP contribution in [0.15, 0.2) is 24.3 Å². The molecule has 0 aliphatic carbocycles. The molecule has 17 heavy (non-hydrogen) atoms. The minimum absolute atomic E-state index is 0.238. The highest BCUT2D eigenvalue weighted by atomic mass is 28.3. The maximum absolute atomic E-state index is 11.5. The van der Waals surface area contributed by atoms with Crippen LogP contribution >= 0.6 is 0 Å². The number of hydrogen-bond donors (Lipinski definition) is 0. The van der Waals surface area contributed by atoms with Gasteiger partial charge in [0.2, 0.25) is 0 Å². The molecule has 5 heteroatoms. The summed E-state index contributed by atoms with van der Waals surface area (Å²) >= 11 is 0. The smallest absolute Gasteiger partial charge is 0.363 e. The Morgan fingerprint density at radius 2 is 1.94 bits per heavy atom. The summed E-state index contributed by atoms with van der Waals surface area (Å²) in [5.41, 5.74) is -0.238. The van der Waals surface area contributed by atoms with Gasteiger partial charge >= 0.3 is 15.3 Å². The highest BCUT2D eigenvalue weighted by Gasteiger charge is 2.26. The third-order valence-corrected chi connectivity index (χ3v) is 4.15. The number of esters is 1. The monoisotopic (exact) mass is 258 g/mol. The van der Waals surface area contributed by atoms with E-state index in [0.29, 0.717) is 0 Å². The van der Waals surface area contributed by atoms with Gasteiger partial charge in [0.05, 0.1) is 0 Å². The summed E-state index contributed by atoms with van der Waals surface area (Å²) in [6.07, 6.45) is 8.36. The molecule has 0 N–H and O–H groups in total. The van der Waals surface area contributed by atoms with Gasteiger partial charge in [-0.2, -0.15) is 0 Å². The van der Waals surface area contributed by atoms with Gasteiger partial charge in [0, 0.05) is 20.3 Å². The second kappa shape index (κ2) is 10.3. The minimum Gasteiger partial charge on any atom is -0.458 e. The molecular weight excluding hydrogens is 236 g/mol. The first-order valence-electron chi connectivity index (χ1n) is 5.75. The van der Waals surface area contributed by atoms with E-state index in [1.807, 2.05) is 19.9 Å². The summed E-state index contributed by atoms with van der Waals surface area (Å²) in [6.45, 7) is 3.92. The van der Waals surface area contributed by atoms with Crippen LogP contribution < -0.4 is 0 Å². The molecule has 0 aromatic rings. The summed E-state index contributed by atoms with van der Waals surface area (Å²) in [6, 6.07) is 0. The first-order valence-corrected chi connectivity index (χ1v) is 7.36. The molecule has 0 heterocycles. The van der Waals surface area contributed by atoms with Crippen LogP contribution in [-0.2, 0) is 18.4 Å². The van der Waals surface area contributed by atoms with Gasteiger partial charge in [-0.25, -0.2) is 4.79 Å². The maximum atomic E-state index is 11.5. The molecular formula is C12H22O4Si. The summed E-state index contributed by atoms with van der Waals surface area (Å²) in [5, 5.41) is 0. The van der Waals surface area contributed by atoms with Gasteiger partial charge in [0.1, 0.15) is 5.73 Å². The molecule has 98 valence electrons. The molecule has 0 aliphatic rings. The van der Waals surface area contributed by atoms with Crippen LogP contribution in [-0.4, -0.2) is 35.2 Å². The second-order valence-corrected chi connectivity index (χ2v) is 5.91. The van der Waals surface area contributed by atoms with Crippen molar-refractivity contribution in [3.63, 3.8) is 0 Å². The predicted molar refractivity (Wildman–Crippen MR) is 69.9 cm³/mol. The van der Waals surface area contributed by atoms with Gasteiger partial charge in [0.15, 0.2) is 0 Å². The van der Waals surface area contributed by atoms with E-state index in [-0.39, 0.29) is 11.7 Å². The van der Waals surface area contributed by atoms with Crippen LogP contribution in [0.3, 0.4) is 0 Å². The van der Waals surface area contributed by atoms with Crippen LogP contribution in [0.1, 0.15) is 26.7 Å². The Kier molecular flexibility index (Phi) is 9.70. The SMILES string of the molecule is CC=CC=CC(=O)OC(CCC)[SiH](OC)OC. The maximum Gasteiger partial charge on any atom is 0.363 e. The molecule has 0 amide bonds. The molecule has 0 aromatic carbocycles. The predicted octanol–water partition coefficient (Wildman–Crippen LogP) is 1.88. The Bertz CT molecular complexity index is 259. The molecule has 0 radical (unpaired) electrons. The zero-order valence-corrected chi connectivity index (χ0v) is 12.2. The van der Waals surface area contributed by atoms with Gasteiger partial charge in [0.25, 0.3) is 0 Å². The standard InChI is InChI=1S/C12H22O4Si/c1-5-7-8-10-11(13)16-12(9-6-2)17(14-3)15-4/h5,7-8,10,12,17H,6,9H2,1-4H3. The second-order valence-electron chi connectivity index (χ2n) is 3.49. The van der Waals surface area contributed by atoms with Gasteiger partial charge in [-0.15, -0.1) is 0 Å². The van der Waals surface area contributed by atoms with Gasteiger partial charge < -0.3 is 13.6 Å². The highest BCUT2D eigenvalue weighted by Crippen LogP contribution is 2.08. The number of carbonyl (C=O) groups is 1. The topological polar surface area (TPSA) is 44.8 Å². The molecule has 0 rings (SSSR count). The normalized spacial score (nSPS) is 13.7. The molecule has 1 unspecified atom stereocenters. The Morgan fingerprint density at radius 1 is 1.29 bits per heavy atom. The first-order chi connectivity index (χ1) is 8.19. The van der Waals surface area contributed by atoms with Crippen LogP contribution in [0.2, 0.25) is 0 Å². The largest absolute Gasteiger partial charge is 0.458 e. The molecule has 0 spiro atoms.